The van der Waals surface area contributed by atoms with E-state index < -0.39 is 0 Å². The summed E-state index contributed by atoms with van der Waals surface area (Å²) >= 11 is 0. The second-order valence-electron chi connectivity index (χ2n) is 6.61. The topological polar surface area (TPSA) is 59.9 Å². The average molecular weight is 339 g/mol. The van der Waals surface area contributed by atoms with Crippen LogP contribution in [0.5, 0.6) is 0 Å². The zero-order chi connectivity index (χ0) is 18.3. The number of hydrogen-bond donors (Lipinski definition) is 1. The molecular formula is C22H17N3O. The first-order valence-corrected chi connectivity index (χ1v) is 8.52. The van der Waals surface area contributed by atoms with Crippen LogP contribution >= 0.6 is 0 Å². The third-order valence-corrected chi connectivity index (χ3v) is 5.09. The summed E-state index contributed by atoms with van der Waals surface area (Å²) in [5, 5.41) is 10.2. The highest BCUT2D eigenvalue weighted by Gasteiger charge is 2.37. The average Bonchev–Trinajstić information content (AvgIpc) is 3.04. The lowest BCUT2D eigenvalue weighted by Crippen LogP contribution is -2.45. The van der Waals surface area contributed by atoms with Crippen LogP contribution in [0.15, 0.2) is 48.5 Å². The number of fused-ring (bicyclic) bond motifs is 3. The van der Waals surface area contributed by atoms with Crippen molar-refractivity contribution in [1.29, 1.82) is 5.26 Å². The smallest absolute Gasteiger partial charge is 0.299 e. The molecule has 126 valence electrons. The number of carbonyl (C=O) groups excluding carboxylic acids is 1. The number of terminal acetylenes is 1. The summed E-state index contributed by atoms with van der Waals surface area (Å²) in [7, 11) is 0. The maximum absolute atomic E-state index is 12.5. The van der Waals surface area contributed by atoms with Gasteiger partial charge < -0.3 is 9.88 Å². The van der Waals surface area contributed by atoms with E-state index in [1.165, 1.54) is 10.9 Å². The van der Waals surface area contributed by atoms with Gasteiger partial charge in [0.05, 0.1) is 17.7 Å². The highest BCUT2D eigenvalue weighted by Crippen LogP contribution is 2.40. The van der Waals surface area contributed by atoms with Crippen LogP contribution in [0.1, 0.15) is 35.3 Å². The molecule has 1 aromatic heterocycles. The molecule has 2 heterocycles. The fourth-order valence-corrected chi connectivity index (χ4v) is 3.92. The van der Waals surface area contributed by atoms with Crippen molar-refractivity contribution in [2.24, 2.45) is 0 Å². The van der Waals surface area contributed by atoms with Crippen LogP contribution in [0.2, 0.25) is 0 Å². The molecule has 3 aromatic rings. The number of para-hydroxylation sites is 1. The quantitative estimate of drug-likeness (QED) is 0.690. The van der Waals surface area contributed by atoms with Crippen LogP contribution in [0, 0.1) is 23.7 Å². The zero-order valence-electron chi connectivity index (χ0n) is 14.4. The maximum Gasteiger partial charge on any atom is 0.299 e. The first kappa shape index (κ1) is 16.0. The van der Waals surface area contributed by atoms with Crippen LogP contribution in [-0.2, 0) is 11.2 Å². The Morgan fingerprint density at radius 3 is 2.65 bits per heavy atom. The van der Waals surface area contributed by atoms with Crippen LogP contribution in [-0.4, -0.2) is 21.8 Å². The zero-order valence-corrected chi connectivity index (χ0v) is 14.4. The number of aromatic amines is 1. The Balaban J connectivity index is 1.95. The largest absolute Gasteiger partial charge is 0.356 e. The third kappa shape index (κ3) is 2.36. The van der Waals surface area contributed by atoms with Gasteiger partial charge in [0, 0.05) is 22.6 Å². The second-order valence-corrected chi connectivity index (χ2v) is 6.61. The lowest BCUT2D eigenvalue weighted by molar-refractivity contribution is -0.129. The number of nitriles is 1. The molecule has 4 rings (SSSR count). The van der Waals surface area contributed by atoms with Crippen molar-refractivity contribution in [3.05, 3.63) is 70.9 Å². The fraction of sp³-hybridized carbons (Fsp3) is 0.182. The Bertz CT molecular complexity index is 1080. The summed E-state index contributed by atoms with van der Waals surface area (Å²) in [4.78, 5) is 17.8. The molecule has 0 radical (unpaired) electrons. The van der Waals surface area contributed by atoms with E-state index in [1.807, 2.05) is 37.3 Å². The molecule has 0 fully saturated rings. The number of hydrogen-bond acceptors (Lipinski definition) is 2. The Morgan fingerprint density at radius 2 is 1.96 bits per heavy atom. The van der Waals surface area contributed by atoms with E-state index in [9.17, 15) is 4.79 Å². The number of nitrogens with zero attached hydrogens (tertiary/aromatic N) is 2. The molecule has 0 aliphatic carbocycles. The van der Waals surface area contributed by atoms with Crippen LogP contribution in [0.3, 0.4) is 0 Å². The molecule has 26 heavy (non-hydrogen) atoms. The first-order valence-electron chi connectivity index (χ1n) is 8.52. The molecule has 4 nitrogen and oxygen atoms in total. The van der Waals surface area contributed by atoms with Crippen molar-refractivity contribution in [2.45, 2.75) is 25.4 Å². The number of carbonyl (C=O) groups is 1. The second kappa shape index (κ2) is 6.10. The minimum absolute atomic E-state index is 0.0223. The summed E-state index contributed by atoms with van der Waals surface area (Å²) in [6.45, 7) is 2.02. The summed E-state index contributed by atoms with van der Waals surface area (Å²) < 4.78 is 0. The van der Waals surface area contributed by atoms with Gasteiger partial charge in [-0.05, 0) is 48.6 Å². The van der Waals surface area contributed by atoms with Gasteiger partial charge in [0.15, 0.2) is 0 Å². The Labute approximate surface area is 152 Å². The number of rotatable bonds is 1. The fourth-order valence-electron chi connectivity index (χ4n) is 3.92. The lowest BCUT2D eigenvalue weighted by Gasteiger charge is -2.39. The van der Waals surface area contributed by atoms with Gasteiger partial charge in [-0.1, -0.05) is 30.3 Å². The maximum atomic E-state index is 12.5. The monoisotopic (exact) mass is 339 g/mol. The van der Waals surface area contributed by atoms with Crippen LogP contribution in [0.25, 0.3) is 10.9 Å². The molecule has 1 N–H and O–H groups in total. The molecule has 0 saturated carbocycles. The first-order chi connectivity index (χ1) is 12.6. The van der Waals surface area contributed by atoms with Gasteiger partial charge in [0.1, 0.15) is 0 Å². The SMILES string of the molecule is C#CC(=O)N1[C@@H](c2ccc(C#N)cc2)c2[nH]c3ccccc3c2C[C@@H]1C. The molecule has 4 heteroatoms. The normalized spacial score (nSPS) is 18.8. The van der Waals surface area contributed by atoms with E-state index in [2.05, 4.69) is 23.0 Å². The highest BCUT2D eigenvalue weighted by atomic mass is 16.2. The van der Waals surface area contributed by atoms with Crippen molar-refractivity contribution in [3.63, 3.8) is 0 Å². The molecule has 2 aromatic carbocycles. The van der Waals surface area contributed by atoms with Crippen molar-refractivity contribution >= 4 is 16.8 Å². The molecule has 0 spiro atoms. The van der Waals surface area contributed by atoms with Gasteiger partial charge in [-0.2, -0.15) is 5.26 Å². The van der Waals surface area contributed by atoms with E-state index in [0.717, 1.165) is 23.2 Å². The number of benzene rings is 2. The molecule has 1 amide bonds. The minimum atomic E-state index is -0.323. The standard InChI is InChI=1S/C22H17N3O/c1-3-20(26)25-14(2)12-18-17-6-4-5-7-19(17)24-21(18)22(25)16-10-8-15(13-23)9-11-16/h1,4-11,14,22,24H,12H2,2H3/t14-,22-/m0/s1. The number of nitrogens with one attached hydrogen (secondary N) is 1. The lowest BCUT2D eigenvalue weighted by atomic mass is 9.88. The van der Waals surface area contributed by atoms with E-state index in [1.54, 1.807) is 17.0 Å². The summed E-state index contributed by atoms with van der Waals surface area (Å²) in [6.07, 6.45) is 6.20. The van der Waals surface area contributed by atoms with Gasteiger partial charge in [-0.15, -0.1) is 6.42 Å². The molecule has 1 aliphatic rings. The summed E-state index contributed by atoms with van der Waals surface area (Å²) in [5.41, 5.74) is 4.80. The Hall–Kier alpha value is -3.50. The van der Waals surface area contributed by atoms with Gasteiger partial charge in [-0.25, -0.2) is 0 Å². The van der Waals surface area contributed by atoms with Crippen LogP contribution in [0.4, 0.5) is 0 Å². The molecule has 0 bridgehead atoms. The van der Waals surface area contributed by atoms with Crippen molar-refractivity contribution in [3.8, 4) is 18.4 Å². The molecular weight excluding hydrogens is 322 g/mol. The van der Waals surface area contributed by atoms with E-state index in [-0.39, 0.29) is 18.0 Å². The molecule has 2 atom stereocenters. The Morgan fingerprint density at radius 1 is 1.23 bits per heavy atom. The van der Waals surface area contributed by atoms with Gasteiger partial charge >= 0.3 is 0 Å². The van der Waals surface area contributed by atoms with E-state index in [4.69, 9.17) is 11.7 Å². The highest BCUT2D eigenvalue weighted by molar-refractivity contribution is 5.94. The predicted molar refractivity (Wildman–Crippen MR) is 100 cm³/mol. The van der Waals surface area contributed by atoms with Crippen molar-refractivity contribution < 1.29 is 4.79 Å². The van der Waals surface area contributed by atoms with Gasteiger partial charge in [-0.3, -0.25) is 4.79 Å². The van der Waals surface area contributed by atoms with Gasteiger partial charge in [0.25, 0.3) is 5.91 Å². The predicted octanol–water partition coefficient (Wildman–Crippen LogP) is 3.54. The summed E-state index contributed by atoms with van der Waals surface area (Å²) in [5.74, 6) is 1.95. The minimum Gasteiger partial charge on any atom is -0.356 e. The van der Waals surface area contributed by atoms with E-state index >= 15 is 0 Å². The molecule has 0 unspecified atom stereocenters. The number of amides is 1. The third-order valence-electron chi connectivity index (χ3n) is 5.09. The van der Waals surface area contributed by atoms with E-state index in [0.29, 0.717) is 5.56 Å². The Kier molecular flexibility index (Phi) is 3.75. The number of H-pyrrole nitrogens is 1. The molecule has 0 saturated heterocycles. The van der Waals surface area contributed by atoms with Crippen molar-refractivity contribution in [2.75, 3.05) is 0 Å². The summed E-state index contributed by atoms with van der Waals surface area (Å²) in [6, 6.07) is 17.3. The molecule has 1 aliphatic heterocycles. The number of aromatic nitrogens is 1. The van der Waals surface area contributed by atoms with Crippen LogP contribution < -0.4 is 0 Å². The van der Waals surface area contributed by atoms with Gasteiger partial charge in [0.2, 0.25) is 0 Å². The van der Waals surface area contributed by atoms with Crippen molar-refractivity contribution in [1.82, 2.24) is 9.88 Å².